The third-order valence-corrected chi connectivity index (χ3v) is 20.3. The number of rotatable bonds is 64. The van der Waals surface area contributed by atoms with E-state index in [2.05, 4.69) is 57.0 Å². The average Bonchev–Trinajstić information content (AvgIpc) is 3.30. The van der Waals surface area contributed by atoms with Crippen molar-refractivity contribution in [2.75, 3.05) is 45.9 Å². The highest BCUT2D eigenvalue weighted by Gasteiger charge is 2.42. The summed E-state index contributed by atoms with van der Waals surface area (Å²) in [5.74, 6) is 1.50. The normalized spacial score (nSPS) is 18.7. The molecule has 3 aliphatic rings. The quantitative estimate of drug-likeness (QED) is 0.0227. The molecule has 2 aliphatic carbocycles. The number of carboxylic acids is 1. The van der Waals surface area contributed by atoms with Crippen LogP contribution in [0.25, 0.3) is 0 Å². The summed E-state index contributed by atoms with van der Waals surface area (Å²) in [6.07, 6.45) is 68.7. The van der Waals surface area contributed by atoms with E-state index in [1.807, 2.05) is 0 Å². The number of carbonyl (C=O) groups is 2. The van der Waals surface area contributed by atoms with Crippen LogP contribution in [0.2, 0.25) is 0 Å². The third-order valence-electron chi connectivity index (χ3n) is 19.9. The first-order chi connectivity index (χ1) is 43.5. The first-order valence-electron chi connectivity index (χ1n) is 39.6. The number of ether oxygens (including phenoxy) is 2. The van der Waals surface area contributed by atoms with Crippen LogP contribution < -0.4 is 0 Å². The van der Waals surface area contributed by atoms with Gasteiger partial charge in [-0.15, -0.1) is 0 Å². The van der Waals surface area contributed by atoms with Crippen LogP contribution >= 0.6 is 12.6 Å². The van der Waals surface area contributed by atoms with Crippen molar-refractivity contribution in [3.8, 4) is 0 Å². The van der Waals surface area contributed by atoms with Crippen LogP contribution in [0.3, 0.4) is 0 Å². The van der Waals surface area contributed by atoms with Gasteiger partial charge in [-0.05, 0) is 108 Å². The fraction of sp³-hybridized carbons (Fsp3) is 0.974. The summed E-state index contributed by atoms with van der Waals surface area (Å²) in [6, 6.07) is 0. The van der Waals surface area contributed by atoms with Crippen LogP contribution in [-0.4, -0.2) is 124 Å². The van der Waals surface area contributed by atoms with Crippen LogP contribution in [0.5, 0.6) is 0 Å². The molecule has 0 aromatic carbocycles. The Kier molecular flexibility index (Phi) is 62.3. The van der Waals surface area contributed by atoms with Gasteiger partial charge in [0.05, 0.1) is 24.4 Å². The molecule has 8 unspecified atom stereocenters. The zero-order chi connectivity index (χ0) is 64.9. The number of carboxylic acid groups (broad SMARTS) is 1. The number of aliphatic hydroxyl groups excluding tert-OH is 3. The predicted molar refractivity (Wildman–Crippen MR) is 385 cm³/mol. The van der Waals surface area contributed by atoms with E-state index in [1.54, 1.807) is 0 Å². The maximum atomic E-state index is 11.0. The standard InChI is InChI=1S/C36H71NO3.C33H69NO2.C9H14O3S/c1-3-5-7-9-11-13-15-17-19-21-25-34(33-28-29-33)31-37(30-24-23-27-36(39)40)32-35(38)26-22-20-18-16-14-12-10-8-6-4-2;1-4-7-10-12-14-16-18-20-22-24-27-32(35)30-34(29-26-9-6-3)31-33(36)28-25-23-21-19-17-15-13-11-8-5-2;10-5-12-8-4-7(13)3-6-1-2-11-9(6)8/h33-35,38H,3-32H2,1-2H3,(H,39,40);32-33,35-36H,4-31H2,1-3H3;5-9,13H,1-4H2. The number of fused-ring (bicyclic) bond motifs is 1. The molecular weight excluding hydrogens is 1120 g/mol. The van der Waals surface area contributed by atoms with E-state index in [9.17, 15) is 24.9 Å². The Bertz CT molecular complexity index is 1440. The highest BCUT2D eigenvalue weighted by atomic mass is 32.1. The maximum Gasteiger partial charge on any atom is 0.303 e. The molecular formula is C78H154N2O8S. The zero-order valence-corrected chi connectivity index (χ0v) is 60.8. The van der Waals surface area contributed by atoms with Crippen molar-refractivity contribution in [2.24, 2.45) is 17.8 Å². The molecule has 1 saturated heterocycles. The zero-order valence-electron chi connectivity index (χ0n) is 59.9. The molecule has 0 spiro atoms. The molecule has 0 aromatic heterocycles. The van der Waals surface area contributed by atoms with E-state index in [1.165, 1.54) is 276 Å². The second-order valence-corrected chi connectivity index (χ2v) is 29.5. The van der Waals surface area contributed by atoms with Gasteiger partial charge in [-0.25, -0.2) is 0 Å². The summed E-state index contributed by atoms with van der Waals surface area (Å²) >= 11 is 4.44. The number of aliphatic carboxylic acids is 1. The van der Waals surface area contributed by atoms with Crippen LogP contribution in [0.15, 0.2) is 0 Å². The molecule has 2 saturated carbocycles. The Labute approximate surface area is 558 Å². The van der Waals surface area contributed by atoms with Gasteiger partial charge in [0.15, 0.2) is 0 Å². The predicted octanol–water partition coefficient (Wildman–Crippen LogP) is 21.4. The molecule has 10 nitrogen and oxygen atoms in total. The second kappa shape index (κ2) is 64.4. The number of unbranched alkanes of at least 4 members (excludes halogenated alkanes) is 39. The van der Waals surface area contributed by atoms with Gasteiger partial charge < -0.3 is 34.8 Å². The molecule has 89 heavy (non-hydrogen) atoms. The summed E-state index contributed by atoms with van der Waals surface area (Å²) in [7, 11) is 0. The molecule has 0 amide bonds. The lowest BCUT2D eigenvalue weighted by Crippen LogP contribution is -2.41. The monoisotopic (exact) mass is 1280 g/mol. The number of hydrogen-bond acceptors (Lipinski definition) is 10. The lowest BCUT2D eigenvalue weighted by molar-refractivity contribution is -0.144. The van der Waals surface area contributed by atoms with Crippen molar-refractivity contribution in [3.63, 3.8) is 0 Å². The van der Waals surface area contributed by atoms with E-state index < -0.39 is 5.97 Å². The Balaban J connectivity index is 0.000000739. The summed E-state index contributed by atoms with van der Waals surface area (Å²) < 4.78 is 10.6. The summed E-state index contributed by atoms with van der Waals surface area (Å²) in [5.41, 5.74) is 0. The number of carbonyl (C=O) groups excluding carboxylic acids is 1. The Morgan fingerprint density at radius 2 is 0.775 bits per heavy atom. The maximum absolute atomic E-state index is 11.0. The highest BCUT2D eigenvalue weighted by Crippen LogP contribution is 2.40. The van der Waals surface area contributed by atoms with Crippen molar-refractivity contribution in [1.82, 2.24) is 9.80 Å². The SMILES string of the molecule is CCCCCCCCCCCCC(O)CN(CCCCC(=O)O)CC(CCCCCCCCCCCC)C1CC1.CCCCCCCCCCCCC(O)CN(CCCCC)CC(O)CCCCCCCCCCCC.O=COC1CC(S)CC2CCOC21. The largest absolute Gasteiger partial charge is 0.481 e. The third kappa shape index (κ3) is 54.9. The van der Waals surface area contributed by atoms with Gasteiger partial charge in [0.1, 0.15) is 6.10 Å². The van der Waals surface area contributed by atoms with E-state index in [4.69, 9.17) is 14.6 Å². The summed E-state index contributed by atoms with van der Waals surface area (Å²) in [5, 5.41) is 41.6. The number of nitrogens with zero attached hydrogens (tertiary/aromatic N) is 2. The van der Waals surface area contributed by atoms with E-state index in [0.717, 1.165) is 128 Å². The lowest BCUT2D eigenvalue weighted by Gasteiger charge is -2.34. The van der Waals surface area contributed by atoms with Crippen molar-refractivity contribution < 1.29 is 39.5 Å². The number of aliphatic hydroxyl groups is 3. The highest BCUT2D eigenvalue weighted by molar-refractivity contribution is 7.80. The van der Waals surface area contributed by atoms with Gasteiger partial charge in [0.2, 0.25) is 0 Å². The van der Waals surface area contributed by atoms with Gasteiger partial charge in [-0.3, -0.25) is 14.5 Å². The van der Waals surface area contributed by atoms with Crippen LogP contribution in [0.4, 0.5) is 0 Å². The molecule has 1 heterocycles. The second-order valence-electron chi connectivity index (χ2n) is 28.8. The smallest absolute Gasteiger partial charge is 0.303 e. The van der Waals surface area contributed by atoms with Gasteiger partial charge in [-0.1, -0.05) is 304 Å². The minimum Gasteiger partial charge on any atom is -0.481 e. The fourth-order valence-electron chi connectivity index (χ4n) is 14.1. The molecule has 3 fully saturated rings. The Morgan fingerprint density at radius 3 is 1.12 bits per heavy atom. The van der Waals surface area contributed by atoms with Crippen molar-refractivity contribution in [2.45, 2.75) is 424 Å². The number of hydrogen-bond donors (Lipinski definition) is 5. The minimum absolute atomic E-state index is 0.0683. The molecule has 11 heteroatoms. The van der Waals surface area contributed by atoms with Gasteiger partial charge in [-0.2, -0.15) is 12.6 Å². The van der Waals surface area contributed by atoms with Crippen molar-refractivity contribution in [1.29, 1.82) is 0 Å². The Morgan fingerprint density at radius 1 is 0.449 bits per heavy atom. The Hall–Kier alpha value is -0.950. The molecule has 0 bridgehead atoms. The van der Waals surface area contributed by atoms with Gasteiger partial charge in [0.25, 0.3) is 6.47 Å². The van der Waals surface area contributed by atoms with Gasteiger partial charge >= 0.3 is 5.97 Å². The van der Waals surface area contributed by atoms with E-state index in [-0.39, 0.29) is 36.9 Å². The van der Waals surface area contributed by atoms with Crippen LogP contribution in [0.1, 0.15) is 388 Å². The first kappa shape index (κ1) is 86.1. The molecule has 8 atom stereocenters. The van der Waals surface area contributed by atoms with E-state index >= 15 is 0 Å². The molecule has 0 radical (unpaired) electrons. The lowest BCUT2D eigenvalue weighted by atomic mass is 9.84. The summed E-state index contributed by atoms with van der Waals surface area (Å²) in [4.78, 5) is 26.1. The molecule has 4 N–H and O–H groups in total. The molecule has 530 valence electrons. The summed E-state index contributed by atoms with van der Waals surface area (Å²) in [6.45, 7) is 18.0. The minimum atomic E-state index is -0.690. The van der Waals surface area contributed by atoms with Crippen LogP contribution in [-0.2, 0) is 19.1 Å². The van der Waals surface area contributed by atoms with Crippen molar-refractivity contribution in [3.05, 3.63) is 0 Å². The topological polar surface area (TPSA) is 140 Å². The molecule has 0 aromatic rings. The molecule has 3 rings (SSSR count). The molecule has 1 aliphatic heterocycles. The van der Waals surface area contributed by atoms with Crippen LogP contribution in [0, 0.1) is 17.8 Å². The van der Waals surface area contributed by atoms with Crippen molar-refractivity contribution >= 4 is 25.1 Å². The van der Waals surface area contributed by atoms with E-state index in [0.29, 0.717) is 17.6 Å². The van der Waals surface area contributed by atoms with Gasteiger partial charge in [0, 0.05) is 44.5 Å². The first-order valence-corrected chi connectivity index (χ1v) is 40.1. The number of thiol groups is 1. The average molecular weight is 1280 g/mol. The fourth-order valence-corrected chi connectivity index (χ4v) is 14.6.